The summed E-state index contributed by atoms with van der Waals surface area (Å²) in [6.45, 7) is 1.41. The average Bonchev–Trinajstić information content (AvgIpc) is 2.80. The monoisotopic (exact) mass is 491 g/mol. The topological polar surface area (TPSA) is 129 Å². The molecule has 0 saturated carbocycles. The smallest absolute Gasteiger partial charge is 0.335 e. The number of carbonyl (C=O) groups is 1. The van der Waals surface area contributed by atoms with Crippen molar-refractivity contribution >= 4 is 39.0 Å². The molecule has 0 spiro atoms. The van der Waals surface area contributed by atoms with Crippen LogP contribution in [0.2, 0.25) is 5.02 Å². The highest BCUT2D eigenvalue weighted by molar-refractivity contribution is 7.92. The molecule has 4 rings (SSSR count). The third kappa shape index (κ3) is 4.85. The van der Waals surface area contributed by atoms with E-state index in [2.05, 4.69) is 4.72 Å². The summed E-state index contributed by atoms with van der Waals surface area (Å²) in [5.41, 5.74) is 0.622. The number of nitrogens with one attached hydrogen (secondary N) is 1. The molecule has 2 aliphatic heterocycles. The molecule has 9 nitrogen and oxygen atoms in total. The molecule has 1 atom stereocenters. The fraction of sp³-hybridized carbons (Fsp3) is 0.364. The van der Waals surface area contributed by atoms with Crippen LogP contribution in [0.4, 0.5) is 11.4 Å². The number of fused-ring (bicyclic) bond motifs is 4. The minimum Gasteiger partial charge on any atom is -0.490 e. The molecule has 0 aromatic heterocycles. The van der Waals surface area contributed by atoms with Crippen molar-refractivity contribution in [1.29, 1.82) is 5.26 Å². The maximum Gasteiger partial charge on any atom is 0.335 e. The van der Waals surface area contributed by atoms with Crippen molar-refractivity contribution in [3.05, 3.63) is 46.5 Å². The average molecular weight is 492 g/mol. The van der Waals surface area contributed by atoms with Crippen LogP contribution < -0.4 is 14.4 Å². The number of carboxylic acids is 1. The molecule has 2 heterocycles. The number of sulfonamides is 1. The second kappa shape index (κ2) is 9.47. The van der Waals surface area contributed by atoms with Crippen LogP contribution in [-0.4, -0.2) is 51.9 Å². The molecule has 2 N–H and O–H groups in total. The van der Waals surface area contributed by atoms with Gasteiger partial charge in [0.2, 0.25) is 0 Å². The quantitative estimate of drug-likeness (QED) is 0.620. The summed E-state index contributed by atoms with van der Waals surface area (Å²) in [4.78, 5) is 13.2. The normalized spacial score (nSPS) is 20.1. The Bertz CT molecular complexity index is 1230. The second-order valence-electron chi connectivity index (χ2n) is 7.80. The van der Waals surface area contributed by atoms with Crippen LogP contribution in [0.15, 0.2) is 35.2 Å². The summed E-state index contributed by atoms with van der Waals surface area (Å²) < 4.78 is 40.8. The standard InChI is InChI=1S/C22H22ClN3O6S/c23-17-11-19-18(9-15(17)12-24)25-33(29,30)21-10-14(22(27)28)4-5-20(21)32-8-7-31-13-16-3-1-2-6-26(16)19/h4-5,9-11,16,25H,1-3,6-8,13H2,(H,27,28). The molecule has 1 unspecified atom stereocenters. The number of nitrogens with zero attached hydrogens (tertiary/aromatic N) is 2. The van der Waals surface area contributed by atoms with Gasteiger partial charge in [-0.3, -0.25) is 4.72 Å². The first-order valence-electron chi connectivity index (χ1n) is 10.4. The lowest BCUT2D eigenvalue weighted by molar-refractivity contribution is 0.0696. The summed E-state index contributed by atoms with van der Waals surface area (Å²) in [5.74, 6) is -1.27. The number of aromatic carboxylic acids is 1. The van der Waals surface area contributed by atoms with E-state index >= 15 is 0 Å². The van der Waals surface area contributed by atoms with E-state index in [-0.39, 0.29) is 51.7 Å². The van der Waals surface area contributed by atoms with Gasteiger partial charge in [0.05, 0.1) is 46.8 Å². The van der Waals surface area contributed by atoms with Gasteiger partial charge in [0.1, 0.15) is 23.3 Å². The van der Waals surface area contributed by atoms with E-state index < -0.39 is 16.0 Å². The number of hydrogen-bond acceptors (Lipinski definition) is 7. The number of carboxylic acid groups (broad SMARTS) is 1. The van der Waals surface area contributed by atoms with Crippen molar-refractivity contribution in [2.24, 2.45) is 0 Å². The van der Waals surface area contributed by atoms with Crippen LogP contribution in [0.3, 0.4) is 0 Å². The Morgan fingerprint density at radius 2 is 2.06 bits per heavy atom. The lowest BCUT2D eigenvalue weighted by Gasteiger charge is -2.38. The van der Waals surface area contributed by atoms with Gasteiger partial charge in [-0.1, -0.05) is 11.6 Å². The first-order valence-corrected chi connectivity index (χ1v) is 12.3. The number of piperidine rings is 1. The Morgan fingerprint density at radius 3 is 2.82 bits per heavy atom. The van der Waals surface area contributed by atoms with Crippen molar-refractivity contribution < 1.29 is 27.8 Å². The Kier molecular flexibility index (Phi) is 6.65. The number of anilines is 2. The molecular formula is C22H22ClN3O6S. The van der Waals surface area contributed by atoms with Gasteiger partial charge in [-0.05, 0) is 49.6 Å². The van der Waals surface area contributed by atoms with Gasteiger partial charge >= 0.3 is 5.97 Å². The van der Waals surface area contributed by atoms with Crippen LogP contribution in [-0.2, 0) is 14.8 Å². The van der Waals surface area contributed by atoms with Crippen molar-refractivity contribution in [2.75, 3.05) is 36.0 Å². The third-order valence-electron chi connectivity index (χ3n) is 5.66. The van der Waals surface area contributed by atoms with Gasteiger partial charge < -0.3 is 19.5 Å². The summed E-state index contributed by atoms with van der Waals surface area (Å²) in [5, 5.41) is 19.0. The predicted octanol–water partition coefficient (Wildman–Crippen LogP) is 3.48. The van der Waals surface area contributed by atoms with E-state index in [0.717, 1.165) is 25.3 Å². The largest absolute Gasteiger partial charge is 0.490 e. The first-order chi connectivity index (χ1) is 15.8. The van der Waals surface area contributed by atoms with Crippen LogP contribution in [0, 0.1) is 11.3 Å². The Hall–Kier alpha value is -3.00. The van der Waals surface area contributed by atoms with Crippen molar-refractivity contribution in [3.63, 3.8) is 0 Å². The highest BCUT2D eigenvalue weighted by Gasteiger charge is 2.29. The van der Waals surface area contributed by atoms with Crippen LogP contribution in [0.25, 0.3) is 0 Å². The van der Waals surface area contributed by atoms with E-state index in [1.807, 2.05) is 11.0 Å². The number of nitriles is 1. The second-order valence-corrected chi connectivity index (χ2v) is 9.86. The first kappa shape index (κ1) is 23.2. The minimum atomic E-state index is -4.28. The summed E-state index contributed by atoms with van der Waals surface area (Å²) in [6, 6.07) is 8.57. The molecular weight excluding hydrogens is 470 g/mol. The predicted molar refractivity (Wildman–Crippen MR) is 122 cm³/mol. The van der Waals surface area contributed by atoms with E-state index in [4.69, 9.17) is 21.1 Å². The molecule has 1 fully saturated rings. The molecule has 174 valence electrons. The van der Waals surface area contributed by atoms with E-state index in [1.54, 1.807) is 6.07 Å². The lowest BCUT2D eigenvalue weighted by atomic mass is 10.0. The van der Waals surface area contributed by atoms with Crippen molar-refractivity contribution in [2.45, 2.75) is 30.2 Å². The molecule has 2 aromatic carbocycles. The van der Waals surface area contributed by atoms with Crippen molar-refractivity contribution in [1.82, 2.24) is 0 Å². The summed E-state index contributed by atoms with van der Waals surface area (Å²) >= 11 is 6.31. The molecule has 2 aliphatic rings. The molecule has 0 aliphatic carbocycles. The highest BCUT2D eigenvalue weighted by atomic mass is 35.5. The van der Waals surface area contributed by atoms with Gasteiger partial charge in [0.15, 0.2) is 0 Å². The zero-order valence-corrected chi connectivity index (χ0v) is 19.2. The summed E-state index contributed by atoms with van der Waals surface area (Å²) in [7, 11) is -4.28. The van der Waals surface area contributed by atoms with Crippen LogP contribution in [0.5, 0.6) is 5.75 Å². The van der Waals surface area contributed by atoms with Gasteiger partial charge in [-0.25, -0.2) is 13.2 Å². The van der Waals surface area contributed by atoms with E-state index in [0.29, 0.717) is 18.8 Å². The number of halogens is 1. The maximum atomic E-state index is 13.4. The van der Waals surface area contributed by atoms with Gasteiger partial charge in [-0.2, -0.15) is 5.26 Å². The summed E-state index contributed by atoms with van der Waals surface area (Å²) in [6.07, 6.45) is 2.77. The van der Waals surface area contributed by atoms with Gasteiger partial charge in [-0.15, -0.1) is 0 Å². The zero-order chi connectivity index (χ0) is 23.6. The maximum absolute atomic E-state index is 13.4. The molecule has 0 bridgehead atoms. The Balaban J connectivity index is 1.88. The number of hydrogen-bond donors (Lipinski definition) is 2. The SMILES string of the molecule is N#Cc1cc2c(cc1Cl)N1CCCCC1COCCOc1ccc(C(=O)O)cc1S(=O)(=O)N2. The lowest BCUT2D eigenvalue weighted by Crippen LogP contribution is -2.43. The van der Waals surface area contributed by atoms with E-state index in [1.165, 1.54) is 18.2 Å². The van der Waals surface area contributed by atoms with Gasteiger partial charge in [0, 0.05) is 6.54 Å². The fourth-order valence-corrected chi connectivity index (χ4v) is 5.50. The third-order valence-corrected chi connectivity index (χ3v) is 7.36. The molecule has 0 amide bonds. The molecule has 33 heavy (non-hydrogen) atoms. The van der Waals surface area contributed by atoms with Crippen LogP contribution >= 0.6 is 11.6 Å². The fourth-order valence-electron chi connectivity index (χ4n) is 4.06. The highest BCUT2D eigenvalue weighted by Crippen LogP contribution is 2.38. The molecule has 0 radical (unpaired) electrons. The molecule has 1 saturated heterocycles. The number of ether oxygens (including phenoxy) is 2. The van der Waals surface area contributed by atoms with Crippen LogP contribution in [0.1, 0.15) is 35.2 Å². The number of benzene rings is 2. The number of rotatable bonds is 1. The van der Waals surface area contributed by atoms with Crippen molar-refractivity contribution in [3.8, 4) is 11.8 Å². The molecule has 2 aromatic rings. The van der Waals surface area contributed by atoms with Gasteiger partial charge in [0.25, 0.3) is 10.0 Å². The Morgan fingerprint density at radius 1 is 1.24 bits per heavy atom. The zero-order valence-electron chi connectivity index (χ0n) is 17.6. The van der Waals surface area contributed by atoms with E-state index in [9.17, 15) is 23.6 Å². The Labute approximate surface area is 196 Å². The molecule has 11 heteroatoms. The minimum absolute atomic E-state index is 0.00379.